The summed E-state index contributed by atoms with van der Waals surface area (Å²) in [6.07, 6.45) is 2.88. The van der Waals surface area contributed by atoms with E-state index in [1.165, 1.54) is 0 Å². The molecular weight excluding hydrogens is 352 g/mol. The number of hydrogen-bond acceptors (Lipinski definition) is 3. The number of benzene rings is 2. The van der Waals surface area contributed by atoms with E-state index in [2.05, 4.69) is 31.4 Å². The van der Waals surface area contributed by atoms with Crippen LogP contribution in [0.4, 0.5) is 5.69 Å². The molecule has 2 aromatic rings. The molecule has 0 unspecified atom stereocenters. The smallest absolute Gasteiger partial charge is 0.259 e. The molecular formula is C23H30N2O3. The second-order valence-corrected chi connectivity index (χ2v) is 7.17. The maximum atomic E-state index is 12.7. The highest BCUT2D eigenvalue weighted by molar-refractivity contribution is 6.06. The van der Waals surface area contributed by atoms with E-state index in [0.29, 0.717) is 41.6 Å². The summed E-state index contributed by atoms with van der Waals surface area (Å²) < 4.78 is 5.80. The second-order valence-electron chi connectivity index (χ2n) is 7.17. The number of carbonyl (C=O) groups is 2. The first-order valence-electron chi connectivity index (χ1n) is 9.92. The summed E-state index contributed by atoms with van der Waals surface area (Å²) in [5.41, 5.74) is 1.57. The lowest BCUT2D eigenvalue weighted by molar-refractivity contribution is 0.0951. The van der Waals surface area contributed by atoms with Crippen LogP contribution in [0.25, 0.3) is 0 Å². The zero-order valence-corrected chi connectivity index (χ0v) is 17.0. The number of unbranched alkanes of at least 4 members (excludes halogenated alkanes) is 1. The topological polar surface area (TPSA) is 67.4 Å². The van der Waals surface area contributed by atoms with Crippen molar-refractivity contribution >= 4 is 17.5 Å². The minimum Gasteiger partial charge on any atom is -0.493 e. The number of rotatable bonds is 10. The van der Waals surface area contributed by atoms with Crippen LogP contribution in [0.1, 0.15) is 60.7 Å². The van der Waals surface area contributed by atoms with Crippen LogP contribution in [0.3, 0.4) is 0 Å². The molecule has 0 radical (unpaired) electrons. The van der Waals surface area contributed by atoms with Gasteiger partial charge in [-0.25, -0.2) is 0 Å². The molecule has 0 aliphatic heterocycles. The minimum absolute atomic E-state index is 0.137. The van der Waals surface area contributed by atoms with Gasteiger partial charge in [0.25, 0.3) is 11.8 Å². The predicted molar refractivity (Wildman–Crippen MR) is 113 cm³/mol. The number of anilines is 1. The predicted octanol–water partition coefficient (Wildman–Crippen LogP) is 4.89. The van der Waals surface area contributed by atoms with Gasteiger partial charge in [0.2, 0.25) is 0 Å². The zero-order valence-electron chi connectivity index (χ0n) is 17.0. The number of hydrogen-bond donors (Lipinski definition) is 2. The van der Waals surface area contributed by atoms with Gasteiger partial charge in [0.15, 0.2) is 0 Å². The zero-order chi connectivity index (χ0) is 20.4. The maximum Gasteiger partial charge on any atom is 0.259 e. The van der Waals surface area contributed by atoms with Gasteiger partial charge in [0.1, 0.15) is 5.75 Å². The Kier molecular flexibility index (Phi) is 8.53. The number of carbonyl (C=O) groups excluding carboxylic acids is 2. The highest BCUT2D eigenvalue weighted by Gasteiger charge is 2.13. The molecule has 0 saturated heterocycles. The lowest BCUT2D eigenvalue weighted by Crippen LogP contribution is -2.24. The monoisotopic (exact) mass is 382 g/mol. The summed E-state index contributed by atoms with van der Waals surface area (Å²) in [6, 6.07) is 14.1. The van der Waals surface area contributed by atoms with Crippen molar-refractivity contribution in [2.45, 2.75) is 40.0 Å². The molecule has 0 heterocycles. The molecule has 0 bridgehead atoms. The fraction of sp³-hybridized carbons (Fsp3) is 0.391. The summed E-state index contributed by atoms with van der Waals surface area (Å²) in [5.74, 6) is 0.701. The van der Waals surface area contributed by atoms with E-state index < -0.39 is 0 Å². The highest BCUT2D eigenvalue weighted by Crippen LogP contribution is 2.21. The van der Waals surface area contributed by atoms with Crippen LogP contribution in [0.15, 0.2) is 48.5 Å². The van der Waals surface area contributed by atoms with Gasteiger partial charge in [-0.2, -0.15) is 0 Å². The summed E-state index contributed by atoms with van der Waals surface area (Å²) in [4.78, 5) is 24.9. The van der Waals surface area contributed by atoms with E-state index in [-0.39, 0.29) is 11.8 Å². The van der Waals surface area contributed by atoms with E-state index in [4.69, 9.17) is 4.74 Å². The molecule has 5 heteroatoms. The molecule has 0 aliphatic carbocycles. The highest BCUT2D eigenvalue weighted by atomic mass is 16.5. The SMILES string of the molecule is CCCCNC(=O)c1cccc(NC(=O)c2ccccc2OCCC(C)C)c1. The third-order valence-corrected chi connectivity index (χ3v) is 4.28. The standard InChI is InChI=1S/C23H30N2O3/c1-4-5-14-24-22(26)18-9-8-10-19(16-18)25-23(27)20-11-6-7-12-21(20)28-15-13-17(2)3/h6-12,16-17H,4-5,13-15H2,1-3H3,(H,24,26)(H,25,27). The molecule has 2 aromatic carbocycles. The molecule has 2 rings (SSSR count). The second kappa shape index (κ2) is 11.1. The molecule has 2 amide bonds. The van der Waals surface area contributed by atoms with Crippen LogP contribution in [0, 0.1) is 5.92 Å². The largest absolute Gasteiger partial charge is 0.493 e. The van der Waals surface area contributed by atoms with E-state index in [0.717, 1.165) is 19.3 Å². The normalized spacial score (nSPS) is 10.6. The summed E-state index contributed by atoms with van der Waals surface area (Å²) >= 11 is 0. The fourth-order valence-corrected chi connectivity index (χ4v) is 2.60. The van der Waals surface area contributed by atoms with Gasteiger partial charge >= 0.3 is 0 Å². The van der Waals surface area contributed by atoms with Gasteiger partial charge in [-0.3, -0.25) is 9.59 Å². The van der Waals surface area contributed by atoms with E-state index >= 15 is 0 Å². The molecule has 0 atom stereocenters. The first kappa shape index (κ1) is 21.5. The van der Waals surface area contributed by atoms with Crippen molar-refractivity contribution in [1.82, 2.24) is 5.32 Å². The van der Waals surface area contributed by atoms with Crippen LogP contribution in [0.5, 0.6) is 5.75 Å². The van der Waals surface area contributed by atoms with Crippen molar-refractivity contribution in [1.29, 1.82) is 0 Å². The Hall–Kier alpha value is -2.82. The van der Waals surface area contributed by atoms with Gasteiger partial charge in [-0.15, -0.1) is 0 Å². The Balaban J connectivity index is 2.05. The lowest BCUT2D eigenvalue weighted by Gasteiger charge is -2.13. The average Bonchev–Trinajstić information content (AvgIpc) is 2.68. The Bertz CT molecular complexity index is 787. The van der Waals surface area contributed by atoms with Crippen LogP contribution in [-0.2, 0) is 0 Å². The van der Waals surface area contributed by atoms with Gasteiger partial charge in [0, 0.05) is 17.8 Å². The van der Waals surface area contributed by atoms with E-state index in [1.807, 2.05) is 12.1 Å². The summed E-state index contributed by atoms with van der Waals surface area (Å²) in [7, 11) is 0. The molecule has 2 N–H and O–H groups in total. The quantitative estimate of drug-likeness (QED) is 0.575. The first-order valence-corrected chi connectivity index (χ1v) is 9.92. The van der Waals surface area contributed by atoms with Crippen LogP contribution >= 0.6 is 0 Å². The first-order chi connectivity index (χ1) is 13.5. The molecule has 0 aliphatic rings. The van der Waals surface area contributed by atoms with Gasteiger partial charge in [-0.05, 0) is 49.1 Å². The molecule has 0 aromatic heterocycles. The van der Waals surface area contributed by atoms with Gasteiger partial charge in [0.05, 0.1) is 12.2 Å². The number of nitrogens with one attached hydrogen (secondary N) is 2. The number of amides is 2. The molecule has 0 saturated carbocycles. The van der Waals surface area contributed by atoms with Gasteiger partial charge < -0.3 is 15.4 Å². The van der Waals surface area contributed by atoms with Crippen LogP contribution in [-0.4, -0.2) is 25.0 Å². The van der Waals surface area contributed by atoms with Crippen molar-refractivity contribution in [2.24, 2.45) is 5.92 Å². The number of para-hydroxylation sites is 1. The van der Waals surface area contributed by atoms with Crippen molar-refractivity contribution in [3.8, 4) is 5.75 Å². The Morgan fingerprint density at radius 1 is 1.04 bits per heavy atom. The van der Waals surface area contributed by atoms with E-state index in [1.54, 1.807) is 36.4 Å². The summed E-state index contributed by atoms with van der Waals surface area (Å²) in [5, 5.41) is 5.74. The Morgan fingerprint density at radius 3 is 2.57 bits per heavy atom. The Labute approximate surface area is 167 Å². The molecule has 0 spiro atoms. The van der Waals surface area contributed by atoms with Crippen molar-refractivity contribution in [3.05, 3.63) is 59.7 Å². The number of ether oxygens (including phenoxy) is 1. The van der Waals surface area contributed by atoms with Crippen molar-refractivity contribution in [3.63, 3.8) is 0 Å². The molecule has 28 heavy (non-hydrogen) atoms. The summed E-state index contributed by atoms with van der Waals surface area (Å²) in [6.45, 7) is 7.55. The Morgan fingerprint density at radius 2 is 1.82 bits per heavy atom. The van der Waals surface area contributed by atoms with Crippen LogP contribution in [0.2, 0.25) is 0 Å². The van der Waals surface area contributed by atoms with Crippen molar-refractivity contribution < 1.29 is 14.3 Å². The van der Waals surface area contributed by atoms with E-state index in [9.17, 15) is 9.59 Å². The minimum atomic E-state index is -0.260. The molecule has 5 nitrogen and oxygen atoms in total. The van der Waals surface area contributed by atoms with Crippen molar-refractivity contribution in [2.75, 3.05) is 18.5 Å². The third kappa shape index (κ3) is 6.72. The van der Waals surface area contributed by atoms with Crippen LogP contribution < -0.4 is 15.4 Å². The lowest BCUT2D eigenvalue weighted by atomic mass is 10.1. The fourth-order valence-electron chi connectivity index (χ4n) is 2.60. The molecule has 0 fully saturated rings. The molecule has 150 valence electrons. The third-order valence-electron chi connectivity index (χ3n) is 4.28. The van der Waals surface area contributed by atoms with Gasteiger partial charge in [-0.1, -0.05) is 45.4 Å². The average molecular weight is 383 g/mol. The maximum absolute atomic E-state index is 12.7.